The van der Waals surface area contributed by atoms with Crippen LogP contribution in [0.25, 0.3) is 0 Å². The first kappa shape index (κ1) is 15.2. The lowest BCUT2D eigenvalue weighted by Crippen LogP contribution is -2.07. The second-order valence-electron chi connectivity index (χ2n) is 4.93. The first-order valence-electron chi connectivity index (χ1n) is 6.32. The predicted octanol–water partition coefficient (Wildman–Crippen LogP) is 3.96. The average molecular weight is 226 g/mol. The normalized spacial score (nSPS) is 14.0. The summed E-state index contributed by atoms with van der Waals surface area (Å²) in [5, 5.41) is 0. The van der Waals surface area contributed by atoms with Gasteiger partial charge in [-0.2, -0.15) is 0 Å². The highest BCUT2D eigenvalue weighted by Gasteiger charge is 2.06. The van der Waals surface area contributed by atoms with E-state index < -0.39 is 0 Å². The highest BCUT2D eigenvalue weighted by Crippen LogP contribution is 2.15. The summed E-state index contributed by atoms with van der Waals surface area (Å²) in [5.74, 6) is 0.862. The van der Waals surface area contributed by atoms with E-state index in [1.807, 2.05) is 6.92 Å². The van der Waals surface area contributed by atoms with E-state index in [2.05, 4.69) is 27.7 Å². The van der Waals surface area contributed by atoms with Gasteiger partial charge in [0.2, 0.25) is 0 Å². The molecule has 16 heavy (non-hydrogen) atoms. The molecule has 0 aromatic rings. The van der Waals surface area contributed by atoms with Crippen molar-refractivity contribution in [3.63, 3.8) is 0 Å². The summed E-state index contributed by atoms with van der Waals surface area (Å²) in [4.78, 5) is 11.4. The Bertz CT molecular complexity index is 229. The van der Waals surface area contributed by atoms with Gasteiger partial charge in [0.05, 0.1) is 6.61 Å². The molecule has 0 bridgehead atoms. The van der Waals surface area contributed by atoms with E-state index in [0.717, 1.165) is 24.8 Å². The average Bonchev–Trinajstić information content (AvgIpc) is 2.17. The third-order valence-electron chi connectivity index (χ3n) is 2.78. The maximum absolute atomic E-state index is 11.4. The van der Waals surface area contributed by atoms with Crippen LogP contribution < -0.4 is 0 Å². The monoisotopic (exact) mass is 226 g/mol. The molecular formula is C14H26O2. The van der Waals surface area contributed by atoms with Gasteiger partial charge in [-0.15, -0.1) is 0 Å². The lowest BCUT2D eigenvalue weighted by molar-refractivity contribution is -0.138. The minimum Gasteiger partial charge on any atom is -0.463 e. The molecule has 0 aromatic carbocycles. The van der Waals surface area contributed by atoms with E-state index >= 15 is 0 Å². The van der Waals surface area contributed by atoms with Gasteiger partial charge in [0.25, 0.3) is 0 Å². The zero-order valence-corrected chi connectivity index (χ0v) is 11.4. The Hall–Kier alpha value is -0.790. The third kappa shape index (κ3) is 7.49. The Labute approximate surface area is 100 Å². The molecule has 94 valence electrons. The molecule has 0 spiro atoms. The molecule has 0 aliphatic heterocycles. The molecule has 0 aliphatic carbocycles. The van der Waals surface area contributed by atoms with Crippen molar-refractivity contribution < 1.29 is 9.53 Å². The molecule has 0 saturated carbocycles. The first-order valence-corrected chi connectivity index (χ1v) is 6.32. The van der Waals surface area contributed by atoms with Crippen LogP contribution >= 0.6 is 0 Å². The van der Waals surface area contributed by atoms with E-state index in [0.29, 0.717) is 18.4 Å². The molecule has 0 radical (unpaired) electrons. The van der Waals surface area contributed by atoms with Crippen LogP contribution in [0.15, 0.2) is 11.6 Å². The summed E-state index contributed by atoms with van der Waals surface area (Å²) >= 11 is 0. The second kappa shape index (κ2) is 8.37. The van der Waals surface area contributed by atoms with Crippen LogP contribution in [0.1, 0.15) is 53.9 Å². The van der Waals surface area contributed by atoms with Crippen LogP contribution in [0.3, 0.4) is 0 Å². The zero-order valence-electron chi connectivity index (χ0n) is 11.4. The number of carbonyl (C=O) groups is 1. The van der Waals surface area contributed by atoms with Crippen LogP contribution in [-0.4, -0.2) is 12.6 Å². The Morgan fingerprint density at radius 3 is 2.38 bits per heavy atom. The maximum atomic E-state index is 11.4. The summed E-state index contributed by atoms with van der Waals surface area (Å²) in [7, 11) is 0. The van der Waals surface area contributed by atoms with Crippen LogP contribution in [0.4, 0.5) is 0 Å². The van der Waals surface area contributed by atoms with Crippen molar-refractivity contribution >= 4 is 5.97 Å². The maximum Gasteiger partial charge on any atom is 0.330 e. The standard InChI is InChI=1S/C14H26O2/c1-6-7-12(4)13(5)10-14(15)16-9-8-11(2)3/h10-12H,6-9H2,1-5H3/b13-10+. The molecule has 0 saturated heterocycles. The van der Waals surface area contributed by atoms with Gasteiger partial charge in [0.15, 0.2) is 0 Å². The molecule has 0 aliphatic rings. The number of hydrogen-bond donors (Lipinski definition) is 0. The van der Waals surface area contributed by atoms with E-state index in [4.69, 9.17) is 4.74 Å². The first-order chi connectivity index (χ1) is 7.47. The van der Waals surface area contributed by atoms with Gasteiger partial charge in [-0.05, 0) is 31.6 Å². The van der Waals surface area contributed by atoms with Crippen molar-refractivity contribution in [2.75, 3.05) is 6.61 Å². The molecule has 2 heteroatoms. The van der Waals surface area contributed by atoms with E-state index in [1.165, 1.54) is 0 Å². The Balaban J connectivity index is 3.95. The van der Waals surface area contributed by atoms with Gasteiger partial charge in [0.1, 0.15) is 0 Å². The molecule has 0 N–H and O–H groups in total. The minimum atomic E-state index is -0.193. The molecule has 0 rings (SSSR count). The third-order valence-corrected chi connectivity index (χ3v) is 2.78. The quantitative estimate of drug-likeness (QED) is 0.485. The van der Waals surface area contributed by atoms with Crippen molar-refractivity contribution in [3.8, 4) is 0 Å². The van der Waals surface area contributed by atoms with Crippen LogP contribution in [0, 0.1) is 11.8 Å². The molecule has 0 aromatic heterocycles. The van der Waals surface area contributed by atoms with E-state index in [-0.39, 0.29) is 5.97 Å². The van der Waals surface area contributed by atoms with Crippen molar-refractivity contribution in [2.24, 2.45) is 11.8 Å². The van der Waals surface area contributed by atoms with Crippen LogP contribution in [-0.2, 0) is 9.53 Å². The van der Waals surface area contributed by atoms with Gasteiger partial charge in [-0.1, -0.05) is 39.7 Å². The summed E-state index contributed by atoms with van der Waals surface area (Å²) in [6, 6.07) is 0. The Kier molecular flexibility index (Phi) is 7.96. The van der Waals surface area contributed by atoms with Gasteiger partial charge in [0, 0.05) is 6.08 Å². The predicted molar refractivity (Wildman–Crippen MR) is 68.2 cm³/mol. The number of allylic oxidation sites excluding steroid dienone is 1. The molecule has 2 nitrogen and oxygen atoms in total. The van der Waals surface area contributed by atoms with Gasteiger partial charge in [-0.25, -0.2) is 4.79 Å². The van der Waals surface area contributed by atoms with Crippen molar-refractivity contribution in [1.82, 2.24) is 0 Å². The molecule has 1 atom stereocenters. The second-order valence-corrected chi connectivity index (χ2v) is 4.93. The fraction of sp³-hybridized carbons (Fsp3) is 0.786. The van der Waals surface area contributed by atoms with Gasteiger partial charge in [-0.3, -0.25) is 0 Å². The molecule has 0 fully saturated rings. The fourth-order valence-corrected chi connectivity index (χ4v) is 1.43. The SMILES string of the molecule is CCCC(C)/C(C)=C/C(=O)OCCC(C)C. The topological polar surface area (TPSA) is 26.3 Å². The lowest BCUT2D eigenvalue weighted by Gasteiger charge is -2.10. The number of esters is 1. The fourth-order valence-electron chi connectivity index (χ4n) is 1.43. The van der Waals surface area contributed by atoms with Gasteiger partial charge < -0.3 is 4.74 Å². The Morgan fingerprint density at radius 1 is 1.25 bits per heavy atom. The van der Waals surface area contributed by atoms with Crippen LogP contribution in [0.2, 0.25) is 0 Å². The zero-order chi connectivity index (χ0) is 12.6. The van der Waals surface area contributed by atoms with Crippen LogP contribution in [0.5, 0.6) is 0 Å². The molecular weight excluding hydrogens is 200 g/mol. The van der Waals surface area contributed by atoms with Crippen molar-refractivity contribution in [1.29, 1.82) is 0 Å². The number of hydrogen-bond acceptors (Lipinski definition) is 2. The minimum absolute atomic E-state index is 0.193. The largest absolute Gasteiger partial charge is 0.463 e. The smallest absolute Gasteiger partial charge is 0.330 e. The summed E-state index contributed by atoms with van der Waals surface area (Å²) in [5.41, 5.74) is 1.12. The number of carbonyl (C=O) groups excluding carboxylic acids is 1. The highest BCUT2D eigenvalue weighted by molar-refractivity contribution is 5.82. The number of rotatable bonds is 7. The molecule has 0 amide bonds. The highest BCUT2D eigenvalue weighted by atomic mass is 16.5. The molecule has 0 heterocycles. The lowest BCUT2D eigenvalue weighted by atomic mass is 9.97. The summed E-state index contributed by atoms with van der Waals surface area (Å²) < 4.78 is 5.14. The van der Waals surface area contributed by atoms with E-state index in [1.54, 1.807) is 6.08 Å². The number of ether oxygens (including phenoxy) is 1. The summed E-state index contributed by atoms with van der Waals surface area (Å²) in [6.07, 6.45) is 4.85. The van der Waals surface area contributed by atoms with Crippen molar-refractivity contribution in [3.05, 3.63) is 11.6 Å². The van der Waals surface area contributed by atoms with E-state index in [9.17, 15) is 4.79 Å². The van der Waals surface area contributed by atoms with Gasteiger partial charge >= 0.3 is 5.97 Å². The Morgan fingerprint density at radius 2 is 1.88 bits per heavy atom. The molecule has 1 unspecified atom stereocenters. The van der Waals surface area contributed by atoms with Crippen molar-refractivity contribution in [2.45, 2.75) is 53.9 Å². The summed E-state index contributed by atoms with van der Waals surface area (Å²) in [6.45, 7) is 11.1.